The Bertz CT molecular complexity index is 1290. The highest BCUT2D eigenvalue weighted by Crippen LogP contribution is 2.20. The third-order valence-electron chi connectivity index (χ3n) is 6.58. The maximum absolute atomic E-state index is 12.7. The number of carbonyl (C=O) groups is 4. The highest BCUT2D eigenvalue weighted by Gasteiger charge is 2.26. The van der Waals surface area contributed by atoms with Gasteiger partial charge in [-0.25, -0.2) is 4.79 Å². The first kappa shape index (κ1) is 26.7. The Labute approximate surface area is 221 Å². The molecule has 1 aliphatic heterocycles. The average Bonchev–Trinajstić information content (AvgIpc) is 2.95. The highest BCUT2D eigenvalue weighted by molar-refractivity contribution is 5.96. The van der Waals surface area contributed by atoms with E-state index in [1.807, 2.05) is 42.5 Å². The molecule has 3 aromatic rings. The molecule has 9 nitrogen and oxygen atoms in total. The largest absolute Gasteiger partial charge is 0.493 e. The van der Waals surface area contributed by atoms with E-state index in [4.69, 9.17) is 4.74 Å². The van der Waals surface area contributed by atoms with E-state index in [0.29, 0.717) is 37.5 Å². The van der Waals surface area contributed by atoms with Gasteiger partial charge in [-0.2, -0.15) is 0 Å². The normalized spacial score (nSPS) is 14.1. The van der Waals surface area contributed by atoms with Gasteiger partial charge in [0.2, 0.25) is 11.8 Å². The molecule has 38 heavy (non-hydrogen) atoms. The number of amides is 3. The topological polar surface area (TPSA) is 116 Å². The van der Waals surface area contributed by atoms with Crippen LogP contribution < -0.4 is 10.1 Å². The minimum absolute atomic E-state index is 0.0143. The zero-order valence-corrected chi connectivity index (χ0v) is 21.0. The maximum atomic E-state index is 12.7. The molecule has 4 rings (SSSR count). The fraction of sp³-hybridized carbons (Fsp3) is 0.310. The van der Waals surface area contributed by atoms with Crippen LogP contribution in [0, 0.1) is 0 Å². The first-order valence-corrected chi connectivity index (χ1v) is 12.7. The van der Waals surface area contributed by atoms with Crippen molar-refractivity contribution in [2.45, 2.75) is 25.3 Å². The molecule has 3 aromatic carbocycles. The summed E-state index contributed by atoms with van der Waals surface area (Å²) in [7, 11) is 0. The third kappa shape index (κ3) is 7.09. The molecular formula is C29H31N3O6. The van der Waals surface area contributed by atoms with Crippen molar-refractivity contribution in [2.24, 2.45) is 0 Å². The van der Waals surface area contributed by atoms with Crippen LogP contribution in [0.2, 0.25) is 0 Å². The maximum Gasteiger partial charge on any atom is 0.326 e. The molecule has 1 atom stereocenters. The van der Waals surface area contributed by atoms with E-state index < -0.39 is 17.9 Å². The number of hydrogen-bond donors (Lipinski definition) is 2. The second-order valence-electron chi connectivity index (χ2n) is 9.14. The van der Waals surface area contributed by atoms with E-state index in [1.165, 1.54) is 0 Å². The van der Waals surface area contributed by atoms with Crippen molar-refractivity contribution in [2.75, 3.05) is 32.8 Å². The summed E-state index contributed by atoms with van der Waals surface area (Å²) in [5.74, 6) is -1.21. The van der Waals surface area contributed by atoms with Gasteiger partial charge in [-0.15, -0.1) is 0 Å². The summed E-state index contributed by atoms with van der Waals surface area (Å²) in [6, 6.07) is 21.0. The molecule has 198 valence electrons. The number of nitrogens with one attached hydrogen (secondary N) is 1. The molecular weight excluding hydrogens is 486 g/mol. The molecule has 0 radical (unpaired) electrons. The van der Waals surface area contributed by atoms with Crippen LogP contribution in [0.15, 0.2) is 72.8 Å². The minimum atomic E-state index is -1.19. The van der Waals surface area contributed by atoms with E-state index in [-0.39, 0.29) is 37.7 Å². The zero-order chi connectivity index (χ0) is 26.9. The van der Waals surface area contributed by atoms with Crippen molar-refractivity contribution >= 4 is 34.5 Å². The SMILES string of the molecule is O=C(N[C@@H](CCC(=O)N1CCN(C(=O)CCOc2ccc3ccccc3c2)CC1)C(=O)O)c1ccccc1. The van der Waals surface area contributed by atoms with Gasteiger partial charge in [0.15, 0.2) is 0 Å². The molecule has 0 aromatic heterocycles. The molecule has 0 spiro atoms. The number of hydrogen-bond acceptors (Lipinski definition) is 5. The summed E-state index contributed by atoms with van der Waals surface area (Å²) < 4.78 is 5.77. The average molecular weight is 518 g/mol. The summed E-state index contributed by atoms with van der Waals surface area (Å²) >= 11 is 0. The van der Waals surface area contributed by atoms with Gasteiger partial charge in [0, 0.05) is 38.2 Å². The van der Waals surface area contributed by atoms with Gasteiger partial charge < -0.3 is 25.0 Å². The molecule has 0 aliphatic carbocycles. The van der Waals surface area contributed by atoms with Gasteiger partial charge in [0.25, 0.3) is 5.91 Å². The first-order chi connectivity index (χ1) is 18.4. The summed E-state index contributed by atoms with van der Waals surface area (Å²) in [5.41, 5.74) is 0.355. The number of nitrogens with zero attached hydrogens (tertiary/aromatic N) is 2. The van der Waals surface area contributed by atoms with Gasteiger partial charge in [-0.1, -0.05) is 48.5 Å². The Morgan fingerprint density at radius 1 is 0.789 bits per heavy atom. The van der Waals surface area contributed by atoms with Gasteiger partial charge in [-0.05, 0) is 41.5 Å². The standard InChI is InChI=1S/C29H31N3O6/c33-26(13-12-25(29(36)37)30-28(35)22-7-2-1-3-8-22)31-15-17-32(18-16-31)27(34)14-19-38-24-11-10-21-6-4-5-9-23(21)20-24/h1-11,20,25H,12-19H2,(H,30,35)(H,36,37)/t25-/m0/s1. The van der Waals surface area contributed by atoms with Crippen molar-refractivity contribution in [3.63, 3.8) is 0 Å². The van der Waals surface area contributed by atoms with E-state index in [9.17, 15) is 24.3 Å². The van der Waals surface area contributed by atoms with Crippen LogP contribution in [0.25, 0.3) is 10.8 Å². The molecule has 3 amide bonds. The number of ether oxygens (including phenoxy) is 1. The molecule has 0 unspecified atom stereocenters. The number of benzene rings is 3. The lowest BCUT2D eigenvalue weighted by molar-refractivity contribution is -0.141. The predicted molar refractivity (Wildman–Crippen MR) is 142 cm³/mol. The lowest BCUT2D eigenvalue weighted by Crippen LogP contribution is -2.51. The van der Waals surface area contributed by atoms with E-state index in [2.05, 4.69) is 5.32 Å². The fourth-order valence-electron chi connectivity index (χ4n) is 4.39. The second-order valence-corrected chi connectivity index (χ2v) is 9.14. The number of carboxylic acids is 1. The van der Waals surface area contributed by atoms with Gasteiger partial charge in [0.05, 0.1) is 13.0 Å². The molecule has 1 saturated heterocycles. The molecule has 0 bridgehead atoms. The van der Waals surface area contributed by atoms with Crippen molar-refractivity contribution in [1.82, 2.24) is 15.1 Å². The van der Waals surface area contributed by atoms with Crippen LogP contribution in [0.5, 0.6) is 5.75 Å². The lowest BCUT2D eigenvalue weighted by atomic mass is 10.1. The van der Waals surface area contributed by atoms with Gasteiger partial charge in [-0.3, -0.25) is 14.4 Å². The van der Waals surface area contributed by atoms with Crippen molar-refractivity contribution in [3.05, 3.63) is 78.4 Å². The number of aliphatic carboxylic acids is 1. The van der Waals surface area contributed by atoms with Gasteiger partial charge >= 0.3 is 5.97 Å². The van der Waals surface area contributed by atoms with Crippen molar-refractivity contribution < 1.29 is 29.0 Å². The summed E-state index contributed by atoms with van der Waals surface area (Å²) in [5, 5.41) is 14.2. The Kier molecular flexibility index (Phi) is 8.92. The monoisotopic (exact) mass is 517 g/mol. The van der Waals surface area contributed by atoms with Crippen LogP contribution in [0.3, 0.4) is 0 Å². The Morgan fingerprint density at radius 2 is 1.39 bits per heavy atom. The van der Waals surface area contributed by atoms with Crippen LogP contribution in [-0.2, 0) is 14.4 Å². The van der Waals surface area contributed by atoms with E-state index in [0.717, 1.165) is 10.8 Å². The molecule has 1 heterocycles. The molecule has 0 saturated carbocycles. The summed E-state index contributed by atoms with van der Waals surface area (Å²) in [6.45, 7) is 1.84. The zero-order valence-electron chi connectivity index (χ0n) is 21.0. The van der Waals surface area contributed by atoms with Crippen LogP contribution in [0.1, 0.15) is 29.6 Å². The lowest BCUT2D eigenvalue weighted by Gasteiger charge is -2.35. The van der Waals surface area contributed by atoms with Gasteiger partial charge in [0.1, 0.15) is 11.8 Å². The summed E-state index contributed by atoms with van der Waals surface area (Å²) in [6.07, 6.45) is 0.208. The molecule has 1 fully saturated rings. The summed E-state index contributed by atoms with van der Waals surface area (Å²) in [4.78, 5) is 52.6. The molecule has 1 aliphatic rings. The Balaban J connectivity index is 1.17. The Morgan fingerprint density at radius 3 is 2.05 bits per heavy atom. The molecule has 2 N–H and O–H groups in total. The van der Waals surface area contributed by atoms with Crippen LogP contribution >= 0.6 is 0 Å². The number of carboxylic acid groups (broad SMARTS) is 1. The quantitative estimate of drug-likeness (QED) is 0.427. The van der Waals surface area contributed by atoms with Crippen LogP contribution in [0.4, 0.5) is 0 Å². The fourth-order valence-corrected chi connectivity index (χ4v) is 4.39. The number of rotatable bonds is 10. The van der Waals surface area contributed by atoms with Crippen molar-refractivity contribution in [1.29, 1.82) is 0 Å². The first-order valence-electron chi connectivity index (χ1n) is 12.7. The minimum Gasteiger partial charge on any atom is -0.493 e. The smallest absolute Gasteiger partial charge is 0.326 e. The number of fused-ring (bicyclic) bond motifs is 1. The number of piperazine rings is 1. The van der Waals surface area contributed by atoms with E-state index >= 15 is 0 Å². The van der Waals surface area contributed by atoms with Crippen LogP contribution in [-0.4, -0.2) is 77.4 Å². The van der Waals surface area contributed by atoms with Crippen molar-refractivity contribution in [3.8, 4) is 5.75 Å². The third-order valence-corrected chi connectivity index (χ3v) is 6.58. The molecule has 9 heteroatoms. The Hall–Kier alpha value is -4.40. The number of carbonyl (C=O) groups excluding carboxylic acids is 3. The predicted octanol–water partition coefficient (Wildman–Crippen LogP) is 2.94. The van der Waals surface area contributed by atoms with E-state index in [1.54, 1.807) is 40.1 Å². The highest BCUT2D eigenvalue weighted by atomic mass is 16.5. The second kappa shape index (κ2) is 12.7.